The molecule has 9 heteroatoms. The maximum absolute atomic E-state index is 12.9. The van der Waals surface area contributed by atoms with E-state index in [1.807, 2.05) is 6.92 Å². The van der Waals surface area contributed by atoms with Crippen molar-refractivity contribution in [2.45, 2.75) is 31.2 Å². The summed E-state index contributed by atoms with van der Waals surface area (Å²) in [7, 11) is -3.59. The van der Waals surface area contributed by atoms with E-state index in [2.05, 4.69) is 15.4 Å². The Hall–Kier alpha value is -2.36. The minimum Gasteiger partial charge on any atom is -0.332 e. The molecule has 0 saturated carbocycles. The number of carbonyl (C=O) groups excluding carboxylic acids is 1. The van der Waals surface area contributed by atoms with Crippen molar-refractivity contribution in [3.8, 4) is 0 Å². The highest BCUT2D eigenvalue weighted by Crippen LogP contribution is 2.15. The average molecular weight is 410 g/mol. The van der Waals surface area contributed by atoms with E-state index < -0.39 is 21.7 Å². The Kier molecular flexibility index (Phi) is 7.00. The molecule has 1 atom stereocenters. The van der Waals surface area contributed by atoms with E-state index >= 15 is 0 Å². The number of nitrogens with one attached hydrogen (secondary N) is 3. The van der Waals surface area contributed by atoms with Crippen molar-refractivity contribution in [1.29, 1.82) is 0 Å². The van der Waals surface area contributed by atoms with Gasteiger partial charge in [-0.15, -0.1) is 0 Å². The van der Waals surface area contributed by atoms with Crippen molar-refractivity contribution in [3.63, 3.8) is 0 Å². The summed E-state index contributed by atoms with van der Waals surface area (Å²) in [5, 5.41) is 5.31. The largest absolute Gasteiger partial charge is 0.332 e. The summed E-state index contributed by atoms with van der Waals surface area (Å²) in [6.45, 7) is 3.68. The zero-order chi connectivity index (χ0) is 20.0. The molecule has 2 aromatic rings. The maximum Gasteiger partial charge on any atom is 0.257 e. The summed E-state index contributed by atoms with van der Waals surface area (Å²) in [6.07, 6.45) is 0.681. The smallest absolute Gasteiger partial charge is 0.257 e. The zero-order valence-electron chi connectivity index (χ0n) is 14.8. The molecule has 0 radical (unpaired) electrons. The number of anilines is 1. The number of amides is 1. The molecule has 2 aromatic carbocycles. The summed E-state index contributed by atoms with van der Waals surface area (Å²) >= 11 is 5.07. The lowest BCUT2D eigenvalue weighted by Crippen LogP contribution is -2.34. The number of thiocarbonyl (C=S) groups is 1. The third-order valence-corrected chi connectivity index (χ3v) is 5.53. The first-order valence-corrected chi connectivity index (χ1v) is 10.1. The van der Waals surface area contributed by atoms with Crippen LogP contribution in [0.4, 0.5) is 10.1 Å². The van der Waals surface area contributed by atoms with Gasteiger partial charge < -0.3 is 5.32 Å². The molecule has 1 unspecified atom stereocenters. The number of sulfonamides is 1. The first-order chi connectivity index (χ1) is 12.7. The van der Waals surface area contributed by atoms with Crippen LogP contribution < -0.4 is 15.4 Å². The van der Waals surface area contributed by atoms with Crippen LogP contribution in [-0.2, 0) is 10.0 Å². The number of hydrogen-bond donors (Lipinski definition) is 3. The molecule has 6 nitrogen and oxygen atoms in total. The molecule has 0 aliphatic rings. The molecule has 27 heavy (non-hydrogen) atoms. The number of carbonyl (C=O) groups is 1. The highest BCUT2D eigenvalue weighted by atomic mass is 32.2. The highest BCUT2D eigenvalue weighted by molar-refractivity contribution is 7.89. The van der Waals surface area contributed by atoms with E-state index in [9.17, 15) is 17.6 Å². The molecule has 144 valence electrons. The molecule has 0 bridgehead atoms. The predicted molar refractivity (Wildman–Crippen MR) is 107 cm³/mol. The summed E-state index contributed by atoms with van der Waals surface area (Å²) in [6, 6.07) is 10.9. The van der Waals surface area contributed by atoms with Crippen molar-refractivity contribution in [2.24, 2.45) is 0 Å². The van der Waals surface area contributed by atoms with Crippen LogP contribution in [0.2, 0.25) is 0 Å². The molecule has 0 aromatic heterocycles. The molecule has 0 heterocycles. The van der Waals surface area contributed by atoms with Gasteiger partial charge in [0.2, 0.25) is 10.0 Å². The molecule has 3 N–H and O–H groups in total. The van der Waals surface area contributed by atoms with Crippen LogP contribution in [0.25, 0.3) is 0 Å². The molecule has 0 saturated heterocycles. The Labute approximate surface area is 163 Å². The van der Waals surface area contributed by atoms with E-state index in [4.69, 9.17) is 12.2 Å². The third-order valence-electron chi connectivity index (χ3n) is 3.72. The lowest BCUT2D eigenvalue weighted by molar-refractivity contribution is 0.0977. The second kappa shape index (κ2) is 9.03. The highest BCUT2D eigenvalue weighted by Gasteiger charge is 2.16. The van der Waals surface area contributed by atoms with Gasteiger partial charge in [-0.3, -0.25) is 10.1 Å². The Morgan fingerprint density at radius 1 is 1.11 bits per heavy atom. The van der Waals surface area contributed by atoms with Crippen molar-refractivity contribution in [1.82, 2.24) is 10.0 Å². The summed E-state index contributed by atoms with van der Waals surface area (Å²) in [4.78, 5) is 12.2. The van der Waals surface area contributed by atoms with E-state index in [1.165, 1.54) is 36.4 Å². The first kappa shape index (κ1) is 20.9. The van der Waals surface area contributed by atoms with Crippen molar-refractivity contribution in [3.05, 3.63) is 59.9 Å². The van der Waals surface area contributed by atoms with Crippen LogP contribution in [0.15, 0.2) is 53.4 Å². The summed E-state index contributed by atoms with van der Waals surface area (Å²) < 4.78 is 39.9. The Balaban J connectivity index is 1.98. The van der Waals surface area contributed by atoms with Crippen LogP contribution in [0.1, 0.15) is 30.6 Å². The van der Waals surface area contributed by atoms with Gasteiger partial charge in [0, 0.05) is 17.3 Å². The van der Waals surface area contributed by atoms with Gasteiger partial charge in [0.05, 0.1) is 4.90 Å². The lowest BCUT2D eigenvalue weighted by Gasteiger charge is -2.13. The standard InChI is InChI=1S/C18H20FN3O3S2/c1-3-12(2)22-27(24,25)16-10-8-15(9-11-16)20-18(26)21-17(23)13-4-6-14(19)7-5-13/h4-12,22H,3H2,1-2H3,(H2,20,21,23,26). The van der Waals surface area contributed by atoms with Gasteiger partial charge in [0.15, 0.2) is 5.11 Å². The maximum atomic E-state index is 12.9. The van der Waals surface area contributed by atoms with Gasteiger partial charge in [-0.05, 0) is 74.1 Å². The van der Waals surface area contributed by atoms with Crippen molar-refractivity contribution in [2.75, 3.05) is 5.32 Å². The Morgan fingerprint density at radius 3 is 2.26 bits per heavy atom. The first-order valence-electron chi connectivity index (χ1n) is 8.21. The molecule has 1 amide bonds. The van der Waals surface area contributed by atoms with E-state index in [0.717, 1.165) is 0 Å². The lowest BCUT2D eigenvalue weighted by atomic mass is 10.2. The van der Waals surface area contributed by atoms with E-state index in [0.29, 0.717) is 12.1 Å². The number of halogens is 1. The normalized spacial score (nSPS) is 12.3. The summed E-state index contributed by atoms with van der Waals surface area (Å²) in [5.74, 6) is -0.922. The minimum absolute atomic E-state index is 0.0395. The third kappa shape index (κ3) is 6.09. The fourth-order valence-corrected chi connectivity index (χ4v) is 3.61. The fraction of sp³-hybridized carbons (Fsp3) is 0.222. The van der Waals surface area contributed by atoms with Gasteiger partial charge in [-0.1, -0.05) is 6.92 Å². The molecule has 0 spiro atoms. The van der Waals surface area contributed by atoms with Crippen LogP contribution in [-0.4, -0.2) is 25.5 Å². The van der Waals surface area contributed by atoms with Crippen molar-refractivity contribution >= 4 is 38.9 Å². The van der Waals surface area contributed by atoms with E-state index in [-0.39, 0.29) is 21.6 Å². The second-order valence-corrected chi connectivity index (χ2v) is 7.99. The van der Waals surface area contributed by atoms with Gasteiger partial charge in [-0.25, -0.2) is 17.5 Å². The average Bonchev–Trinajstić information content (AvgIpc) is 2.62. The van der Waals surface area contributed by atoms with Gasteiger partial charge in [0.25, 0.3) is 5.91 Å². The SMILES string of the molecule is CCC(C)NS(=O)(=O)c1ccc(NC(=S)NC(=O)c2ccc(F)cc2)cc1. The molecule has 0 aliphatic heterocycles. The van der Waals surface area contributed by atoms with Crippen molar-refractivity contribution < 1.29 is 17.6 Å². The monoisotopic (exact) mass is 409 g/mol. The van der Waals surface area contributed by atoms with Crippen LogP contribution in [0.3, 0.4) is 0 Å². The molecule has 2 rings (SSSR count). The minimum atomic E-state index is -3.59. The van der Waals surface area contributed by atoms with Crippen LogP contribution >= 0.6 is 12.2 Å². The van der Waals surface area contributed by atoms with Gasteiger partial charge in [-0.2, -0.15) is 0 Å². The molecule has 0 fully saturated rings. The predicted octanol–water partition coefficient (Wildman–Crippen LogP) is 3.03. The molecular weight excluding hydrogens is 389 g/mol. The second-order valence-electron chi connectivity index (χ2n) is 5.87. The Morgan fingerprint density at radius 2 is 1.70 bits per heavy atom. The molecule has 0 aliphatic carbocycles. The number of rotatable bonds is 6. The number of benzene rings is 2. The topological polar surface area (TPSA) is 87.3 Å². The van der Waals surface area contributed by atoms with Crippen LogP contribution in [0.5, 0.6) is 0 Å². The quantitative estimate of drug-likeness (QED) is 0.639. The van der Waals surface area contributed by atoms with Gasteiger partial charge >= 0.3 is 0 Å². The number of hydrogen-bond acceptors (Lipinski definition) is 4. The fourth-order valence-electron chi connectivity index (χ4n) is 2.07. The summed E-state index contributed by atoms with van der Waals surface area (Å²) in [5.41, 5.74) is 0.778. The van der Waals surface area contributed by atoms with Gasteiger partial charge in [0.1, 0.15) is 5.82 Å². The Bertz CT molecular complexity index is 914. The zero-order valence-corrected chi connectivity index (χ0v) is 16.5. The van der Waals surface area contributed by atoms with E-state index in [1.54, 1.807) is 19.1 Å². The molecular formula is C18H20FN3O3S2. The van der Waals surface area contributed by atoms with Crippen LogP contribution in [0, 0.1) is 5.82 Å².